The highest BCUT2D eigenvalue weighted by molar-refractivity contribution is 4.83. The van der Waals surface area contributed by atoms with Crippen molar-refractivity contribution in [1.29, 1.82) is 0 Å². The highest BCUT2D eigenvalue weighted by Gasteiger charge is 1.84. The quantitative estimate of drug-likeness (QED) is 0.543. The van der Waals surface area contributed by atoms with Crippen LogP contribution >= 0.6 is 0 Å². The fourth-order valence-corrected chi connectivity index (χ4v) is 0.462. The molecule has 0 aliphatic heterocycles. The average Bonchev–Trinajstić information content (AvgIpc) is 1.80. The largest absolute Gasteiger partial charge is 0.392 e. The van der Waals surface area contributed by atoms with E-state index in [9.17, 15) is 0 Å². The second-order valence-corrected chi connectivity index (χ2v) is 2.22. The summed E-state index contributed by atoms with van der Waals surface area (Å²) in [5, 5.41) is 11.5. The maximum Gasteiger partial charge on any atom is 0.0612 e. The molecule has 0 aliphatic carbocycles. The van der Waals surface area contributed by atoms with Gasteiger partial charge in [-0.3, -0.25) is 0 Å². The summed E-state index contributed by atoms with van der Waals surface area (Å²) in [6, 6.07) is 0.522. The third-order valence-corrected chi connectivity index (χ3v) is 0.916. The van der Waals surface area contributed by atoms with Crippen LogP contribution in [0, 0.1) is 0 Å². The number of aliphatic hydroxyl groups excluding tert-OH is 1. The molecule has 54 valence electrons. The van der Waals surface area contributed by atoms with Crippen molar-refractivity contribution in [3.8, 4) is 0 Å². The molecule has 0 spiro atoms. The predicted molar refractivity (Wildman–Crippen MR) is 39.4 cm³/mol. The number of hydrogen-bond donors (Lipinski definition) is 2. The molecule has 0 aromatic heterocycles. The van der Waals surface area contributed by atoms with Crippen molar-refractivity contribution in [3.63, 3.8) is 0 Å². The fraction of sp³-hybridized carbons (Fsp3) is 0.714. The summed E-state index contributed by atoms with van der Waals surface area (Å²) < 4.78 is 0. The molecule has 2 heteroatoms. The molecule has 0 aromatic rings. The van der Waals surface area contributed by atoms with E-state index in [-0.39, 0.29) is 6.61 Å². The van der Waals surface area contributed by atoms with Crippen molar-refractivity contribution in [2.24, 2.45) is 0 Å². The van der Waals surface area contributed by atoms with Crippen molar-refractivity contribution in [1.82, 2.24) is 5.32 Å². The van der Waals surface area contributed by atoms with Crippen LogP contribution in [0.5, 0.6) is 0 Å². The Morgan fingerprint density at radius 2 is 2.11 bits per heavy atom. The smallest absolute Gasteiger partial charge is 0.0612 e. The Morgan fingerprint density at radius 3 is 2.56 bits per heavy atom. The lowest BCUT2D eigenvalue weighted by Crippen LogP contribution is -2.22. The first-order chi connectivity index (χ1) is 4.27. The van der Waals surface area contributed by atoms with Gasteiger partial charge in [0, 0.05) is 12.6 Å². The van der Waals surface area contributed by atoms with Gasteiger partial charge < -0.3 is 10.4 Å². The Morgan fingerprint density at radius 1 is 1.44 bits per heavy atom. The van der Waals surface area contributed by atoms with Crippen LogP contribution in [0.4, 0.5) is 0 Å². The van der Waals surface area contributed by atoms with Gasteiger partial charge in [-0.2, -0.15) is 0 Å². The topological polar surface area (TPSA) is 32.3 Å². The van der Waals surface area contributed by atoms with Crippen LogP contribution in [0.3, 0.4) is 0 Å². The van der Waals surface area contributed by atoms with E-state index in [4.69, 9.17) is 5.11 Å². The molecule has 0 fully saturated rings. The van der Waals surface area contributed by atoms with Gasteiger partial charge in [0.1, 0.15) is 0 Å². The SMILES string of the molecule is CC(C)NC/C=C/CO. The zero-order chi connectivity index (χ0) is 7.11. The van der Waals surface area contributed by atoms with E-state index in [2.05, 4.69) is 19.2 Å². The van der Waals surface area contributed by atoms with Gasteiger partial charge in [0.2, 0.25) is 0 Å². The zero-order valence-electron chi connectivity index (χ0n) is 6.09. The van der Waals surface area contributed by atoms with Gasteiger partial charge in [0.15, 0.2) is 0 Å². The molecule has 0 rings (SSSR count). The second kappa shape index (κ2) is 5.79. The molecule has 0 aromatic carbocycles. The summed E-state index contributed by atoms with van der Waals surface area (Å²) in [6.07, 6.45) is 3.65. The minimum atomic E-state index is 0.139. The monoisotopic (exact) mass is 129 g/mol. The summed E-state index contributed by atoms with van der Waals surface area (Å²) >= 11 is 0. The van der Waals surface area contributed by atoms with Gasteiger partial charge in [-0.05, 0) is 0 Å². The molecule has 9 heavy (non-hydrogen) atoms. The van der Waals surface area contributed by atoms with Crippen LogP contribution in [-0.4, -0.2) is 24.3 Å². The second-order valence-electron chi connectivity index (χ2n) is 2.22. The fourth-order valence-electron chi connectivity index (χ4n) is 0.462. The average molecular weight is 129 g/mol. The Kier molecular flexibility index (Phi) is 5.57. The molecule has 0 radical (unpaired) electrons. The van der Waals surface area contributed by atoms with Gasteiger partial charge in [-0.15, -0.1) is 0 Å². The van der Waals surface area contributed by atoms with Gasteiger partial charge in [0.25, 0.3) is 0 Å². The molecular formula is C7H15NO. The molecule has 0 saturated carbocycles. The third-order valence-electron chi connectivity index (χ3n) is 0.916. The lowest BCUT2D eigenvalue weighted by molar-refractivity contribution is 0.342. The Hall–Kier alpha value is -0.340. The molecule has 0 amide bonds. The Bertz CT molecular complexity index is 79.0. The number of hydrogen-bond acceptors (Lipinski definition) is 2. The first-order valence-electron chi connectivity index (χ1n) is 3.26. The van der Waals surface area contributed by atoms with Crippen LogP contribution in [0.1, 0.15) is 13.8 Å². The summed E-state index contributed by atoms with van der Waals surface area (Å²) in [5.41, 5.74) is 0. The standard InChI is InChI=1S/C7H15NO/c1-7(2)8-5-3-4-6-9/h3-4,7-9H,5-6H2,1-2H3/b4-3+. The summed E-state index contributed by atoms with van der Waals surface area (Å²) in [6.45, 7) is 5.16. The highest BCUT2D eigenvalue weighted by Crippen LogP contribution is 1.75. The zero-order valence-corrected chi connectivity index (χ0v) is 6.09. The molecular weight excluding hydrogens is 114 g/mol. The van der Waals surface area contributed by atoms with Crippen molar-refractivity contribution in [2.75, 3.05) is 13.2 Å². The van der Waals surface area contributed by atoms with E-state index in [1.165, 1.54) is 0 Å². The molecule has 2 nitrogen and oxygen atoms in total. The maximum absolute atomic E-state index is 8.32. The minimum absolute atomic E-state index is 0.139. The number of rotatable bonds is 4. The van der Waals surface area contributed by atoms with Gasteiger partial charge in [-0.25, -0.2) is 0 Å². The lowest BCUT2D eigenvalue weighted by atomic mass is 10.4. The molecule has 0 aliphatic rings. The summed E-state index contributed by atoms with van der Waals surface area (Å²) in [4.78, 5) is 0. The van der Waals surface area contributed by atoms with Crippen molar-refractivity contribution >= 4 is 0 Å². The first kappa shape index (κ1) is 8.66. The van der Waals surface area contributed by atoms with E-state index in [1.54, 1.807) is 6.08 Å². The molecule has 0 unspecified atom stereocenters. The van der Waals surface area contributed by atoms with Gasteiger partial charge in [0.05, 0.1) is 6.61 Å². The van der Waals surface area contributed by atoms with Crippen LogP contribution in [-0.2, 0) is 0 Å². The minimum Gasteiger partial charge on any atom is -0.392 e. The van der Waals surface area contributed by atoms with E-state index >= 15 is 0 Å². The van der Waals surface area contributed by atoms with E-state index < -0.39 is 0 Å². The molecule has 0 bridgehead atoms. The normalized spacial score (nSPS) is 11.6. The van der Waals surface area contributed by atoms with Crippen LogP contribution < -0.4 is 5.32 Å². The first-order valence-corrected chi connectivity index (χ1v) is 3.26. The predicted octanol–water partition coefficient (Wildman–Crippen LogP) is 0.533. The summed E-state index contributed by atoms with van der Waals surface area (Å²) in [7, 11) is 0. The third kappa shape index (κ3) is 7.66. The summed E-state index contributed by atoms with van der Waals surface area (Å²) in [5.74, 6) is 0. The van der Waals surface area contributed by atoms with Gasteiger partial charge >= 0.3 is 0 Å². The van der Waals surface area contributed by atoms with Crippen molar-refractivity contribution < 1.29 is 5.11 Å². The molecule has 2 N–H and O–H groups in total. The van der Waals surface area contributed by atoms with Crippen LogP contribution in [0.25, 0.3) is 0 Å². The van der Waals surface area contributed by atoms with E-state index in [0.29, 0.717) is 6.04 Å². The number of nitrogens with one attached hydrogen (secondary N) is 1. The van der Waals surface area contributed by atoms with Crippen LogP contribution in [0.15, 0.2) is 12.2 Å². The van der Waals surface area contributed by atoms with E-state index in [0.717, 1.165) is 6.54 Å². The Labute approximate surface area is 56.6 Å². The van der Waals surface area contributed by atoms with Crippen molar-refractivity contribution in [3.05, 3.63) is 12.2 Å². The number of aliphatic hydroxyl groups is 1. The van der Waals surface area contributed by atoms with Crippen molar-refractivity contribution in [2.45, 2.75) is 19.9 Å². The van der Waals surface area contributed by atoms with Crippen LogP contribution in [0.2, 0.25) is 0 Å². The lowest BCUT2D eigenvalue weighted by Gasteiger charge is -2.02. The maximum atomic E-state index is 8.32. The molecule has 0 saturated heterocycles. The molecule has 0 heterocycles. The Balaban J connectivity index is 2.99. The van der Waals surface area contributed by atoms with E-state index in [1.807, 2.05) is 6.08 Å². The highest BCUT2D eigenvalue weighted by atomic mass is 16.2. The molecule has 0 atom stereocenters. The van der Waals surface area contributed by atoms with Gasteiger partial charge in [-0.1, -0.05) is 26.0 Å².